The number of aromatic hydroxyl groups is 1. The fraction of sp³-hybridized carbons (Fsp3) is 0.513. The van der Waals surface area contributed by atoms with E-state index in [1.807, 2.05) is 20.8 Å². The molecule has 2 aromatic carbocycles. The summed E-state index contributed by atoms with van der Waals surface area (Å²) in [6.07, 6.45) is 13.8. The van der Waals surface area contributed by atoms with Gasteiger partial charge in [0.05, 0.1) is 23.3 Å². The summed E-state index contributed by atoms with van der Waals surface area (Å²) in [5.74, 6) is 1.62. The van der Waals surface area contributed by atoms with Gasteiger partial charge in [0.1, 0.15) is 28.6 Å². The molecule has 4 aliphatic rings. The highest BCUT2D eigenvalue weighted by atomic mass is 19.1. The van der Waals surface area contributed by atoms with Crippen molar-refractivity contribution in [3.05, 3.63) is 47.2 Å². The van der Waals surface area contributed by atoms with Gasteiger partial charge >= 0.3 is 6.01 Å². The minimum atomic E-state index is -0.691. The number of halogens is 2. The van der Waals surface area contributed by atoms with Gasteiger partial charge in [0.2, 0.25) is 0 Å². The van der Waals surface area contributed by atoms with E-state index >= 15 is 4.39 Å². The van der Waals surface area contributed by atoms with Crippen molar-refractivity contribution in [3.8, 4) is 35.4 Å². The molecule has 8 nitrogen and oxygen atoms in total. The predicted molar refractivity (Wildman–Crippen MR) is 190 cm³/mol. The summed E-state index contributed by atoms with van der Waals surface area (Å²) in [5, 5.41) is 15.3. The number of likely N-dealkylation sites (tertiary alicyclic amines) is 1. The average molecular weight is 669 g/mol. The van der Waals surface area contributed by atoms with E-state index in [0.717, 1.165) is 45.6 Å². The smallest absolute Gasteiger partial charge is 0.319 e. The molecule has 2 saturated carbocycles. The summed E-state index contributed by atoms with van der Waals surface area (Å²) in [4.78, 5) is 19.1. The number of piperidine rings is 1. The van der Waals surface area contributed by atoms with Crippen molar-refractivity contribution in [3.63, 3.8) is 0 Å². The lowest BCUT2D eigenvalue weighted by atomic mass is 9.93. The number of anilines is 1. The second kappa shape index (κ2) is 13.3. The molecule has 0 bridgehead atoms. The third kappa shape index (κ3) is 6.39. The number of fused-ring (bicyclic) bond motifs is 2. The Hall–Kier alpha value is -4.07. The summed E-state index contributed by atoms with van der Waals surface area (Å²) in [7, 11) is 0. The van der Waals surface area contributed by atoms with Gasteiger partial charge in [-0.25, -0.2) is 13.8 Å². The molecule has 0 atom stereocenters. The molecule has 258 valence electrons. The molecule has 49 heavy (non-hydrogen) atoms. The van der Waals surface area contributed by atoms with Gasteiger partial charge in [-0.1, -0.05) is 32.8 Å². The molecule has 0 radical (unpaired) electrons. The summed E-state index contributed by atoms with van der Waals surface area (Å²) in [6.45, 7) is 12.7. The minimum Gasteiger partial charge on any atom is -0.508 e. The molecule has 2 aromatic heterocycles. The van der Waals surface area contributed by atoms with Crippen molar-refractivity contribution >= 4 is 27.5 Å². The number of rotatable bonds is 8. The molecule has 2 aliphatic heterocycles. The molecular formula is C39H46F2N6O2. The Labute approximate surface area is 287 Å². The predicted octanol–water partition coefficient (Wildman–Crippen LogP) is 6.84. The van der Waals surface area contributed by atoms with Gasteiger partial charge in [0, 0.05) is 49.1 Å². The van der Waals surface area contributed by atoms with Crippen LogP contribution in [-0.2, 0) is 6.42 Å². The largest absolute Gasteiger partial charge is 0.508 e. The zero-order valence-electron chi connectivity index (χ0n) is 28.8. The lowest BCUT2D eigenvalue weighted by Gasteiger charge is -2.34. The first-order valence-corrected chi connectivity index (χ1v) is 17.9. The number of hydrogen-bond donors (Lipinski definition) is 2. The van der Waals surface area contributed by atoms with Crippen LogP contribution in [0.1, 0.15) is 70.6 Å². The molecule has 0 unspecified atom stereocenters. The Kier molecular flexibility index (Phi) is 9.09. The Morgan fingerprint density at radius 3 is 2.35 bits per heavy atom. The van der Waals surface area contributed by atoms with Crippen molar-refractivity contribution in [1.82, 2.24) is 25.2 Å². The van der Waals surface area contributed by atoms with Crippen molar-refractivity contribution in [1.29, 1.82) is 0 Å². The highest BCUT2D eigenvalue weighted by Crippen LogP contribution is 2.55. The van der Waals surface area contributed by atoms with Gasteiger partial charge in [-0.05, 0) is 87.0 Å². The van der Waals surface area contributed by atoms with E-state index in [1.54, 1.807) is 0 Å². The molecule has 8 rings (SSSR count). The first-order valence-electron chi connectivity index (χ1n) is 17.9. The molecular weight excluding hydrogens is 622 g/mol. The summed E-state index contributed by atoms with van der Waals surface area (Å²) >= 11 is 0. The third-order valence-electron chi connectivity index (χ3n) is 10.9. The minimum absolute atomic E-state index is 0.0131. The number of aryl methyl sites for hydroxylation is 1. The lowest BCUT2D eigenvalue weighted by Crippen LogP contribution is -2.44. The number of nitrogens with one attached hydrogen (secondary N) is 1. The highest BCUT2D eigenvalue weighted by Gasteiger charge is 2.49. The number of phenolic OH excluding ortho intramolecular Hbond substituents is 1. The van der Waals surface area contributed by atoms with Crippen LogP contribution >= 0.6 is 0 Å². The summed E-state index contributed by atoms with van der Waals surface area (Å²) < 4.78 is 38.3. The number of ether oxygens (including phenoxy) is 1. The van der Waals surface area contributed by atoms with E-state index in [4.69, 9.17) is 26.1 Å². The number of benzene rings is 2. The number of terminal acetylenes is 1. The van der Waals surface area contributed by atoms with Crippen LogP contribution in [0.25, 0.3) is 32.9 Å². The van der Waals surface area contributed by atoms with Crippen LogP contribution in [-0.4, -0.2) is 77.4 Å². The van der Waals surface area contributed by atoms with Gasteiger partial charge in [-0.3, -0.25) is 0 Å². The van der Waals surface area contributed by atoms with Crippen molar-refractivity contribution in [2.75, 3.05) is 57.3 Å². The van der Waals surface area contributed by atoms with Crippen LogP contribution in [0.3, 0.4) is 0 Å². The Morgan fingerprint density at radius 2 is 1.69 bits per heavy atom. The molecule has 10 heteroatoms. The zero-order chi connectivity index (χ0) is 34.3. The molecule has 4 aromatic rings. The molecule has 2 N–H and O–H groups in total. The maximum Gasteiger partial charge on any atom is 0.319 e. The Morgan fingerprint density at radius 1 is 0.959 bits per heavy atom. The fourth-order valence-corrected chi connectivity index (χ4v) is 7.64. The van der Waals surface area contributed by atoms with Crippen LogP contribution < -0.4 is 15.0 Å². The highest BCUT2D eigenvalue weighted by molar-refractivity contribution is 6.03. The molecule has 1 spiro atoms. The normalized spacial score (nSPS) is 19.4. The fourth-order valence-electron chi connectivity index (χ4n) is 7.64. The average Bonchev–Trinajstić information content (AvgIpc) is 4.07. The second-order valence-corrected chi connectivity index (χ2v) is 14.1. The number of hydrogen-bond acceptors (Lipinski definition) is 8. The topological polar surface area (TPSA) is 86.6 Å². The van der Waals surface area contributed by atoms with E-state index < -0.39 is 11.6 Å². The van der Waals surface area contributed by atoms with E-state index in [1.165, 1.54) is 49.9 Å². The Bertz CT molecular complexity index is 1920. The van der Waals surface area contributed by atoms with E-state index in [2.05, 4.69) is 21.0 Å². The van der Waals surface area contributed by atoms with Crippen LogP contribution in [0.15, 0.2) is 24.3 Å². The number of phenols is 1. The first kappa shape index (κ1) is 33.4. The zero-order valence-corrected chi connectivity index (χ0v) is 28.8. The van der Waals surface area contributed by atoms with Crippen LogP contribution in [0, 0.1) is 34.8 Å². The maximum absolute atomic E-state index is 17.0. The van der Waals surface area contributed by atoms with Crippen LogP contribution in [0.4, 0.5) is 14.6 Å². The van der Waals surface area contributed by atoms with E-state index in [9.17, 15) is 9.50 Å². The number of aromatic nitrogens is 3. The van der Waals surface area contributed by atoms with E-state index in [0.29, 0.717) is 59.2 Å². The molecule has 4 heterocycles. The van der Waals surface area contributed by atoms with Gasteiger partial charge < -0.3 is 25.0 Å². The maximum atomic E-state index is 17.0. The SMILES string of the molecule is C#Cc1c(F)ccc2cc(O)cc(-c3nc(CC)c4c(N5CCNCC5)nc(OCC5(CN6CCC7(CC6)CC7)CC5)nc4c3F)c12.CC. The molecule has 2 saturated heterocycles. The Balaban J connectivity index is 0.00000186. The third-order valence-corrected chi connectivity index (χ3v) is 10.9. The first-order chi connectivity index (χ1) is 23.8. The summed E-state index contributed by atoms with van der Waals surface area (Å²) in [5.41, 5.74) is 1.54. The van der Waals surface area contributed by atoms with Gasteiger partial charge in [0.15, 0.2) is 5.82 Å². The second-order valence-electron chi connectivity index (χ2n) is 14.1. The standard InChI is InChI=1S/C37H40F2N6O2.C2H6/c1-3-25-27(38)6-5-23-19-24(46)20-26(29(23)25)32-31(39)33-30(28(4-2)41-32)34(45-17-13-40-14-18-45)43-35(42-33)47-22-37(9-10-37)21-44-15-11-36(7-8-36)12-16-44;1-2/h1,5-6,19-20,40,46H,4,7-18,21-22H2,2H3;1-2H3. The quantitative estimate of drug-likeness (QED) is 0.198. The number of piperazine rings is 1. The summed E-state index contributed by atoms with van der Waals surface area (Å²) in [6, 6.07) is 5.78. The lowest BCUT2D eigenvalue weighted by molar-refractivity contribution is 0.115. The van der Waals surface area contributed by atoms with Gasteiger partial charge in [-0.15, -0.1) is 6.42 Å². The molecule has 2 aliphatic carbocycles. The number of nitrogens with zero attached hydrogens (tertiary/aromatic N) is 5. The molecule has 4 fully saturated rings. The van der Waals surface area contributed by atoms with E-state index in [-0.39, 0.29) is 39.5 Å². The number of pyridine rings is 1. The van der Waals surface area contributed by atoms with Crippen LogP contribution in [0.5, 0.6) is 11.8 Å². The molecule has 0 amide bonds. The van der Waals surface area contributed by atoms with Gasteiger partial charge in [0.25, 0.3) is 0 Å². The van der Waals surface area contributed by atoms with Crippen molar-refractivity contribution in [2.24, 2.45) is 10.8 Å². The van der Waals surface area contributed by atoms with Crippen LogP contribution in [0.2, 0.25) is 0 Å². The monoisotopic (exact) mass is 668 g/mol. The van der Waals surface area contributed by atoms with Crippen molar-refractivity contribution < 1.29 is 18.6 Å². The van der Waals surface area contributed by atoms with Crippen molar-refractivity contribution in [2.45, 2.75) is 65.7 Å². The van der Waals surface area contributed by atoms with Gasteiger partial charge in [-0.2, -0.15) is 9.97 Å².